The van der Waals surface area contributed by atoms with E-state index >= 15 is 0 Å². The summed E-state index contributed by atoms with van der Waals surface area (Å²) in [6.07, 6.45) is 8.11. The lowest BCUT2D eigenvalue weighted by molar-refractivity contribution is -0.952. The maximum atomic E-state index is 5.12. The van der Waals surface area contributed by atoms with Crippen LogP contribution in [-0.2, 0) is 13.1 Å². The average Bonchev–Trinajstić information content (AvgIpc) is 3.06. The molecule has 206 valence electrons. The van der Waals surface area contributed by atoms with Crippen LogP contribution in [0.25, 0.3) is 21.8 Å². The Kier molecular flexibility index (Phi) is 9.92. The summed E-state index contributed by atoms with van der Waals surface area (Å²) in [4.78, 5) is 12.9. The molecule has 1 saturated heterocycles. The van der Waals surface area contributed by atoms with Gasteiger partial charge in [0.25, 0.3) is 0 Å². The van der Waals surface area contributed by atoms with Crippen LogP contribution in [-0.4, -0.2) is 65.2 Å². The number of quaternary nitrogens is 1. The molecular weight excluding hydrogens is 478 g/mol. The third-order valence-corrected chi connectivity index (χ3v) is 8.39. The highest BCUT2D eigenvalue weighted by Gasteiger charge is 2.31. The summed E-state index contributed by atoms with van der Waals surface area (Å²) in [5, 5.41) is 6.18. The largest absolute Gasteiger partial charge is 0.311 e. The van der Waals surface area contributed by atoms with Crippen LogP contribution in [0.2, 0.25) is 0 Å². The van der Waals surface area contributed by atoms with Crippen LogP contribution >= 0.6 is 0 Å². The number of nitrogens with one attached hydrogen (secondary N) is 1. The van der Waals surface area contributed by atoms with E-state index in [0.717, 1.165) is 67.9 Å². The zero-order valence-corrected chi connectivity index (χ0v) is 23.8. The maximum Gasteiger partial charge on any atom is 0.122 e. The fourth-order valence-electron chi connectivity index (χ4n) is 6.05. The number of nitrogens with zero attached hydrogens (tertiary/aromatic N) is 4. The summed E-state index contributed by atoms with van der Waals surface area (Å²) >= 11 is 0. The van der Waals surface area contributed by atoms with Gasteiger partial charge in [0.15, 0.2) is 0 Å². The molecule has 0 radical (unpaired) electrons. The van der Waals surface area contributed by atoms with Crippen LogP contribution in [0.3, 0.4) is 0 Å². The standard InChI is InChI=1S/C34H46N5/c1-2-3-4-5-6-11-22-38-23-20-35-21-25-39(26-24-38,27-31-18-16-29-12-7-9-14-33(29)36-31)28-32-19-17-30-13-8-10-15-34(30)37-32/h7-10,12-19,35H,2-6,11,20-28H2,1H3/q+1. The van der Waals surface area contributed by atoms with Crippen molar-refractivity contribution in [2.24, 2.45) is 0 Å². The molecule has 1 fully saturated rings. The van der Waals surface area contributed by atoms with Crippen molar-refractivity contribution < 1.29 is 4.48 Å². The second-order valence-electron chi connectivity index (χ2n) is 11.5. The van der Waals surface area contributed by atoms with E-state index in [1.165, 1.54) is 67.2 Å². The first-order chi connectivity index (χ1) is 19.2. The Morgan fingerprint density at radius 2 is 1.28 bits per heavy atom. The van der Waals surface area contributed by atoms with Gasteiger partial charge in [-0.05, 0) is 37.2 Å². The first kappa shape index (κ1) is 27.7. The summed E-state index contributed by atoms with van der Waals surface area (Å²) in [5.74, 6) is 0. The highest BCUT2D eigenvalue weighted by atomic mass is 15.4. The molecular formula is C34H46N5+. The number of fused-ring (bicyclic) bond motifs is 2. The van der Waals surface area contributed by atoms with Gasteiger partial charge in [-0.25, -0.2) is 9.97 Å². The van der Waals surface area contributed by atoms with Gasteiger partial charge in [0, 0.05) is 37.0 Å². The van der Waals surface area contributed by atoms with Crippen LogP contribution in [0.4, 0.5) is 0 Å². The molecule has 2 aromatic heterocycles. The van der Waals surface area contributed by atoms with Crippen molar-refractivity contribution in [3.8, 4) is 0 Å². The van der Waals surface area contributed by atoms with E-state index in [-0.39, 0.29) is 0 Å². The molecule has 1 N–H and O–H groups in total. The fourth-order valence-corrected chi connectivity index (χ4v) is 6.05. The number of aromatic nitrogens is 2. The van der Waals surface area contributed by atoms with Crippen LogP contribution in [0.15, 0.2) is 72.8 Å². The number of benzene rings is 2. The number of pyridine rings is 2. The first-order valence-corrected chi connectivity index (χ1v) is 15.2. The molecule has 1 aliphatic rings. The molecule has 0 bridgehead atoms. The molecule has 39 heavy (non-hydrogen) atoms. The second kappa shape index (κ2) is 14.0. The number of para-hydroxylation sites is 2. The number of hydrogen-bond donors (Lipinski definition) is 1. The molecule has 0 atom stereocenters. The van der Waals surface area contributed by atoms with Crippen LogP contribution in [0.1, 0.15) is 56.8 Å². The van der Waals surface area contributed by atoms with Gasteiger partial charge in [-0.15, -0.1) is 0 Å². The van der Waals surface area contributed by atoms with Gasteiger partial charge in [0.05, 0.1) is 35.5 Å². The summed E-state index contributed by atoms with van der Waals surface area (Å²) in [6.45, 7) is 11.9. The van der Waals surface area contributed by atoms with Crippen LogP contribution in [0.5, 0.6) is 0 Å². The second-order valence-corrected chi connectivity index (χ2v) is 11.5. The van der Waals surface area contributed by atoms with Crippen LogP contribution < -0.4 is 5.32 Å². The van der Waals surface area contributed by atoms with Gasteiger partial charge >= 0.3 is 0 Å². The lowest BCUT2D eigenvalue weighted by Gasteiger charge is -2.39. The molecule has 0 aliphatic carbocycles. The van der Waals surface area contributed by atoms with E-state index in [4.69, 9.17) is 9.97 Å². The van der Waals surface area contributed by atoms with Gasteiger partial charge in [-0.2, -0.15) is 0 Å². The Labute approximate surface area is 234 Å². The highest BCUT2D eigenvalue weighted by molar-refractivity contribution is 5.79. The molecule has 1 aliphatic heterocycles. The molecule has 0 unspecified atom stereocenters. The Balaban J connectivity index is 1.37. The van der Waals surface area contributed by atoms with E-state index in [1.807, 2.05) is 0 Å². The van der Waals surface area contributed by atoms with Gasteiger partial charge in [-0.1, -0.05) is 87.6 Å². The van der Waals surface area contributed by atoms with E-state index in [9.17, 15) is 0 Å². The first-order valence-electron chi connectivity index (χ1n) is 15.2. The summed E-state index contributed by atoms with van der Waals surface area (Å²) in [6, 6.07) is 25.9. The summed E-state index contributed by atoms with van der Waals surface area (Å²) in [5.41, 5.74) is 4.53. The number of rotatable bonds is 11. The van der Waals surface area contributed by atoms with E-state index in [2.05, 4.69) is 89.9 Å². The van der Waals surface area contributed by atoms with E-state index < -0.39 is 0 Å². The highest BCUT2D eigenvalue weighted by Crippen LogP contribution is 2.23. The molecule has 5 heteroatoms. The predicted molar refractivity (Wildman–Crippen MR) is 164 cm³/mol. The minimum atomic E-state index is 0.922. The monoisotopic (exact) mass is 524 g/mol. The average molecular weight is 525 g/mol. The molecule has 0 saturated carbocycles. The zero-order valence-electron chi connectivity index (χ0n) is 23.8. The van der Waals surface area contributed by atoms with Crippen molar-refractivity contribution in [3.63, 3.8) is 0 Å². The normalized spacial score (nSPS) is 16.6. The van der Waals surface area contributed by atoms with Crippen molar-refractivity contribution >= 4 is 21.8 Å². The quantitative estimate of drug-likeness (QED) is 0.178. The third kappa shape index (κ3) is 7.84. The number of unbranched alkanes of at least 4 members (excludes halogenated alkanes) is 5. The topological polar surface area (TPSA) is 41.0 Å². The molecule has 5 rings (SSSR count). The molecule has 4 aromatic rings. The zero-order chi connectivity index (χ0) is 26.8. The summed E-state index contributed by atoms with van der Waals surface area (Å²) in [7, 11) is 0. The van der Waals surface area contributed by atoms with Gasteiger partial charge in [-0.3, -0.25) is 4.90 Å². The minimum absolute atomic E-state index is 0.922. The maximum absolute atomic E-state index is 5.12. The molecule has 5 nitrogen and oxygen atoms in total. The van der Waals surface area contributed by atoms with Crippen LogP contribution in [0, 0.1) is 0 Å². The number of hydrogen-bond acceptors (Lipinski definition) is 4. The Bertz CT molecular complexity index is 1240. The molecule has 3 heterocycles. The van der Waals surface area contributed by atoms with Crippen molar-refractivity contribution in [3.05, 3.63) is 84.2 Å². The van der Waals surface area contributed by atoms with Crippen molar-refractivity contribution in [1.82, 2.24) is 20.2 Å². The third-order valence-electron chi connectivity index (χ3n) is 8.39. The Hall–Kier alpha value is -2.86. The molecule has 2 aromatic carbocycles. The minimum Gasteiger partial charge on any atom is -0.311 e. The van der Waals surface area contributed by atoms with Crippen molar-refractivity contribution in [1.29, 1.82) is 0 Å². The van der Waals surface area contributed by atoms with E-state index in [0.29, 0.717) is 0 Å². The lowest BCUT2D eigenvalue weighted by Crippen LogP contribution is -2.52. The SMILES string of the molecule is CCCCCCCCN1CCNCC[N+](Cc2ccc3ccccc3n2)(Cc2ccc3ccccc3n2)CC1. The fraction of sp³-hybridized carbons (Fsp3) is 0.471. The van der Waals surface area contributed by atoms with Crippen molar-refractivity contribution in [2.75, 3.05) is 45.8 Å². The van der Waals surface area contributed by atoms with Gasteiger partial charge < -0.3 is 9.80 Å². The lowest BCUT2D eigenvalue weighted by atomic mass is 10.1. The Morgan fingerprint density at radius 3 is 1.95 bits per heavy atom. The predicted octanol–water partition coefficient (Wildman–Crippen LogP) is 6.57. The van der Waals surface area contributed by atoms with E-state index in [1.54, 1.807) is 0 Å². The molecule has 0 spiro atoms. The van der Waals surface area contributed by atoms with Gasteiger partial charge in [0.2, 0.25) is 0 Å². The smallest absolute Gasteiger partial charge is 0.122 e. The Morgan fingerprint density at radius 1 is 0.667 bits per heavy atom. The van der Waals surface area contributed by atoms with Gasteiger partial charge in [0.1, 0.15) is 13.1 Å². The molecule has 0 amide bonds. The van der Waals surface area contributed by atoms with Crippen molar-refractivity contribution in [2.45, 2.75) is 58.5 Å². The summed E-state index contributed by atoms with van der Waals surface area (Å²) < 4.78 is 0.969.